The zero-order valence-electron chi connectivity index (χ0n) is 14.0. The molecule has 5 heteroatoms. The smallest absolute Gasteiger partial charge is 0.309 e. The lowest BCUT2D eigenvalue weighted by molar-refractivity contribution is -0.149. The number of nitrogens with zero attached hydrogens (tertiary/aromatic N) is 1. The van der Waals surface area contributed by atoms with E-state index in [-0.39, 0.29) is 23.8 Å². The highest BCUT2D eigenvalue weighted by atomic mass is 16.5. The van der Waals surface area contributed by atoms with Crippen molar-refractivity contribution >= 4 is 11.9 Å². The Morgan fingerprint density at radius 1 is 1.26 bits per heavy atom. The Morgan fingerprint density at radius 2 is 1.91 bits per heavy atom. The molecule has 23 heavy (non-hydrogen) atoms. The van der Waals surface area contributed by atoms with Crippen molar-refractivity contribution in [3.05, 3.63) is 35.9 Å². The van der Waals surface area contributed by atoms with Crippen molar-refractivity contribution in [3.63, 3.8) is 0 Å². The minimum Gasteiger partial charge on any atom is -0.466 e. The van der Waals surface area contributed by atoms with Gasteiger partial charge in [0.15, 0.2) is 0 Å². The fraction of sp³-hybridized carbons (Fsp3) is 0.556. The quantitative estimate of drug-likeness (QED) is 0.817. The van der Waals surface area contributed by atoms with Crippen LogP contribution in [-0.4, -0.2) is 43.0 Å². The Kier molecular flexibility index (Phi) is 6.59. The Hall–Kier alpha value is -1.88. The number of hydrogen-bond donors (Lipinski definition) is 1. The highest BCUT2D eigenvalue weighted by Gasteiger charge is 2.26. The molecule has 0 bridgehead atoms. The zero-order chi connectivity index (χ0) is 16.7. The minimum absolute atomic E-state index is 0.000714. The summed E-state index contributed by atoms with van der Waals surface area (Å²) in [7, 11) is 0. The van der Waals surface area contributed by atoms with Crippen molar-refractivity contribution in [1.82, 2.24) is 10.2 Å². The molecule has 0 aromatic heterocycles. The van der Waals surface area contributed by atoms with Crippen molar-refractivity contribution in [3.8, 4) is 0 Å². The number of likely N-dealkylation sites (tertiary alicyclic amines) is 1. The average molecular weight is 318 g/mol. The summed E-state index contributed by atoms with van der Waals surface area (Å²) >= 11 is 0. The number of carbonyl (C=O) groups is 2. The van der Waals surface area contributed by atoms with Crippen LogP contribution in [0.1, 0.15) is 38.3 Å². The van der Waals surface area contributed by atoms with Gasteiger partial charge in [0, 0.05) is 0 Å². The maximum absolute atomic E-state index is 12.2. The highest BCUT2D eigenvalue weighted by molar-refractivity contribution is 5.78. The summed E-state index contributed by atoms with van der Waals surface area (Å²) in [6.45, 7) is 6.14. The van der Waals surface area contributed by atoms with Crippen molar-refractivity contribution in [2.45, 2.75) is 32.7 Å². The third-order valence-electron chi connectivity index (χ3n) is 4.25. The van der Waals surface area contributed by atoms with Crippen LogP contribution >= 0.6 is 0 Å². The van der Waals surface area contributed by atoms with Crippen molar-refractivity contribution in [2.75, 3.05) is 26.2 Å². The van der Waals surface area contributed by atoms with Crippen LogP contribution in [0.2, 0.25) is 0 Å². The van der Waals surface area contributed by atoms with Gasteiger partial charge in [-0.3, -0.25) is 14.5 Å². The van der Waals surface area contributed by atoms with E-state index >= 15 is 0 Å². The van der Waals surface area contributed by atoms with Gasteiger partial charge in [-0.25, -0.2) is 0 Å². The van der Waals surface area contributed by atoms with Crippen molar-refractivity contribution < 1.29 is 14.3 Å². The second-order valence-electron chi connectivity index (χ2n) is 6.00. The molecule has 0 unspecified atom stereocenters. The van der Waals surface area contributed by atoms with Crippen LogP contribution < -0.4 is 5.32 Å². The molecule has 1 aromatic rings. The molecule has 0 aliphatic carbocycles. The number of nitrogens with one attached hydrogen (secondary N) is 1. The summed E-state index contributed by atoms with van der Waals surface area (Å²) in [5, 5.41) is 3.03. The lowest BCUT2D eigenvalue weighted by Crippen LogP contribution is -2.43. The lowest BCUT2D eigenvalue weighted by Gasteiger charge is -2.30. The van der Waals surface area contributed by atoms with Gasteiger partial charge in [0.2, 0.25) is 5.91 Å². The number of hydrogen-bond acceptors (Lipinski definition) is 4. The van der Waals surface area contributed by atoms with Crippen molar-refractivity contribution in [1.29, 1.82) is 0 Å². The molecule has 1 fully saturated rings. The van der Waals surface area contributed by atoms with Crippen LogP contribution in [0, 0.1) is 5.92 Å². The maximum Gasteiger partial charge on any atom is 0.309 e. The van der Waals surface area contributed by atoms with Gasteiger partial charge in [-0.1, -0.05) is 30.3 Å². The second-order valence-corrected chi connectivity index (χ2v) is 6.00. The lowest BCUT2D eigenvalue weighted by atomic mass is 9.97. The van der Waals surface area contributed by atoms with E-state index in [1.807, 2.05) is 44.2 Å². The molecule has 0 radical (unpaired) electrons. The maximum atomic E-state index is 12.2. The van der Waals surface area contributed by atoms with Gasteiger partial charge < -0.3 is 10.1 Å². The summed E-state index contributed by atoms with van der Waals surface area (Å²) in [6.07, 6.45) is 1.53. The molecule has 1 atom stereocenters. The Bertz CT molecular complexity index is 510. The molecule has 0 spiro atoms. The molecule has 0 saturated carbocycles. The minimum atomic E-state index is -0.102. The molecule has 1 aliphatic rings. The largest absolute Gasteiger partial charge is 0.466 e. The van der Waals surface area contributed by atoms with E-state index in [0.29, 0.717) is 13.2 Å². The normalized spacial score (nSPS) is 17.5. The summed E-state index contributed by atoms with van der Waals surface area (Å²) in [6, 6.07) is 9.92. The number of benzene rings is 1. The van der Waals surface area contributed by atoms with Gasteiger partial charge in [-0.2, -0.15) is 0 Å². The Balaban J connectivity index is 1.73. The first kappa shape index (κ1) is 17.5. The number of piperidine rings is 1. The van der Waals surface area contributed by atoms with E-state index in [4.69, 9.17) is 4.74 Å². The molecular weight excluding hydrogens is 292 g/mol. The topological polar surface area (TPSA) is 58.6 Å². The molecule has 1 aliphatic heterocycles. The zero-order valence-corrected chi connectivity index (χ0v) is 14.0. The van der Waals surface area contributed by atoms with Crippen LogP contribution in [0.3, 0.4) is 0 Å². The Morgan fingerprint density at radius 3 is 2.52 bits per heavy atom. The molecule has 5 nitrogen and oxygen atoms in total. The van der Waals surface area contributed by atoms with E-state index < -0.39 is 0 Å². The number of amides is 1. The van der Waals surface area contributed by atoms with Gasteiger partial charge >= 0.3 is 5.97 Å². The SMILES string of the molecule is CCOC(=O)C1CCN(CC(=O)N[C@H](C)c2ccccc2)CC1. The van der Waals surface area contributed by atoms with Gasteiger partial charge in [0.05, 0.1) is 25.1 Å². The molecular formula is C18H26N2O3. The van der Waals surface area contributed by atoms with Crippen molar-refractivity contribution in [2.24, 2.45) is 5.92 Å². The average Bonchev–Trinajstić information content (AvgIpc) is 2.56. The number of ether oxygens (including phenoxy) is 1. The standard InChI is InChI=1S/C18H26N2O3/c1-3-23-18(22)16-9-11-20(12-10-16)13-17(21)19-14(2)15-7-5-4-6-8-15/h4-8,14,16H,3,9-13H2,1-2H3,(H,19,21)/t14-/m1/s1. The third-order valence-corrected chi connectivity index (χ3v) is 4.25. The molecule has 1 amide bonds. The molecule has 126 valence electrons. The fourth-order valence-electron chi connectivity index (χ4n) is 2.90. The van der Waals surface area contributed by atoms with Gasteiger partial charge in [0.25, 0.3) is 0 Å². The molecule has 1 N–H and O–H groups in total. The van der Waals surface area contributed by atoms with Gasteiger partial charge in [0.1, 0.15) is 0 Å². The van der Waals surface area contributed by atoms with Crippen LogP contribution in [0.5, 0.6) is 0 Å². The van der Waals surface area contributed by atoms with Gasteiger partial charge in [-0.15, -0.1) is 0 Å². The van der Waals surface area contributed by atoms with E-state index in [0.717, 1.165) is 31.5 Å². The molecule has 1 saturated heterocycles. The Labute approximate surface area is 138 Å². The molecule has 1 aromatic carbocycles. The van der Waals surface area contributed by atoms with Crippen LogP contribution in [0.25, 0.3) is 0 Å². The summed E-state index contributed by atoms with van der Waals surface area (Å²) < 4.78 is 5.06. The van der Waals surface area contributed by atoms with E-state index in [9.17, 15) is 9.59 Å². The number of rotatable bonds is 6. The summed E-state index contributed by atoms with van der Waals surface area (Å²) in [4.78, 5) is 26.0. The predicted octanol–water partition coefficient (Wildman–Crippen LogP) is 2.14. The third kappa shape index (κ3) is 5.36. The van der Waals surface area contributed by atoms with Gasteiger partial charge in [-0.05, 0) is 45.3 Å². The summed E-state index contributed by atoms with van der Waals surface area (Å²) in [5.41, 5.74) is 1.10. The number of esters is 1. The molecule has 2 rings (SSSR count). The highest BCUT2D eigenvalue weighted by Crippen LogP contribution is 2.18. The number of carbonyl (C=O) groups excluding carboxylic acids is 2. The van der Waals surface area contributed by atoms with E-state index in [1.165, 1.54) is 0 Å². The van der Waals surface area contributed by atoms with E-state index in [1.54, 1.807) is 0 Å². The first-order valence-corrected chi connectivity index (χ1v) is 8.33. The monoisotopic (exact) mass is 318 g/mol. The molecule has 1 heterocycles. The first-order valence-electron chi connectivity index (χ1n) is 8.33. The summed E-state index contributed by atoms with van der Waals surface area (Å²) in [5.74, 6) is -0.0947. The first-order chi connectivity index (χ1) is 11.1. The predicted molar refractivity (Wildman–Crippen MR) is 88.8 cm³/mol. The van der Waals surface area contributed by atoms with Crippen LogP contribution in [-0.2, 0) is 14.3 Å². The van der Waals surface area contributed by atoms with Crippen LogP contribution in [0.15, 0.2) is 30.3 Å². The second kappa shape index (κ2) is 8.67. The van der Waals surface area contributed by atoms with E-state index in [2.05, 4.69) is 10.2 Å². The fourth-order valence-corrected chi connectivity index (χ4v) is 2.90. The van der Waals surface area contributed by atoms with Crippen LogP contribution in [0.4, 0.5) is 0 Å².